The molecule has 0 bridgehead atoms. The van der Waals surface area contributed by atoms with E-state index in [1.165, 1.54) is 0 Å². The molecule has 0 spiro atoms. The first kappa shape index (κ1) is 15.5. The maximum absolute atomic E-state index is 11.9. The predicted octanol–water partition coefficient (Wildman–Crippen LogP) is 3.27. The molecule has 0 aliphatic heterocycles. The number of rotatable bonds is 6. The van der Waals surface area contributed by atoms with E-state index in [-0.39, 0.29) is 11.8 Å². The van der Waals surface area contributed by atoms with Gasteiger partial charge in [-0.15, -0.1) is 0 Å². The van der Waals surface area contributed by atoms with Crippen LogP contribution in [0.25, 0.3) is 5.65 Å². The molecule has 128 valence electrons. The number of hydrogen-bond acceptors (Lipinski definition) is 4. The average Bonchev–Trinajstić information content (AvgIpc) is 3.40. The van der Waals surface area contributed by atoms with Crippen molar-refractivity contribution in [2.75, 3.05) is 12.4 Å². The van der Waals surface area contributed by atoms with Crippen LogP contribution in [0.3, 0.4) is 0 Å². The second-order valence-electron chi connectivity index (χ2n) is 6.12. The van der Waals surface area contributed by atoms with E-state index in [1.807, 2.05) is 41.1 Å². The molecular weight excluding hydrogens is 318 g/mol. The van der Waals surface area contributed by atoms with Gasteiger partial charge in [-0.2, -0.15) is 0 Å². The van der Waals surface area contributed by atoms with Gasteiger partial charge in [-0.1, -0.05) is 6.07 Å². The minimum Gasteiger partial charge on any atom is -0.493 e. The summed E-state index contributed by atoms with van der Waals surface area (Å²) in [5.74, 6) is 1.42. The smallest absolute Gasteiger partial charge is 0.227 e. The number of hydrogen-bond donors (Lipinski definition) is 1. The van der Waals surface area contributed by atoms with Crippen LogP contribution in [-0.2, 0) is 11.4 Å². The number of imidazole rings is 1. The van der Waals surface area contributed by atoms with E-state index in [4.69, 9.17) is 9.47 Å². The van der Waals surface area contributed by atoms with Crippen molar-refractivity contribution in [3.8, 4) is 11.5 Å². The fourth-order valence-electron chi connectivity index (χ4n) is 2.67. The van der Waals surface area contributed by atoms with Gasteiger partial charge in [-0.25, -0.2) is 4.98 Å². The zero-order valence-corrected chi connectivity index (χ0v) is 13.9. The van der Waals surface area contributed by atoms with Crippen molar-refractivity contribution in [2.45, 2.75) is 19.4 Å². The topological polar surface area (TPSA) is 64.9 Å². The van der Waals surface area contributed by atoms with Crippen molar-refractivity contribution >= 4 is 17.2 Å². The van der Waals surface area contributed by atoms with Gasteiger partial charge in [0, 0.05) is 30.1 Å². The van der Waals surface area contributed by atoms with E-state index < -0.39 is 0 Å². The predicted molar refractivity (Wildman–Crippen MR) is 93.9 cm³/mol. The van der Waals surface area contributed by atoms with Crippen LogP contribution in [0, 0.1) is 5.92 Å². The Balaban J connectivity index is 1.50. The number of nitrogens with one attached hydrogen (secondary N) is 1. The molecule has 3 aromatic rings. The summed E-state index contributed by atoms with van der Waals surface area (Å²) in [6.07, 6.45) is 5.82. The molecule has 1 aromatic carbocycles. The molecule has 1 fully saturated rings. The molecule has 0 radical (unpaired) electrons. The molecule has 6 nitrogen and oxygen atoms in total. The summed E-state index contributed by atoms with van der Waals surface area (Å²) in [6, 6.07) is 11.2. The lowest BCUT2D eigenvalue weighted by Crippen LogP contribution is -2.13. The molecule has 25 heavy (non-hydrogen) atoms. The van der Waals surface area contributed by atoms with Crippen molar-refractivity contribution in [3.05, 3.63) is 54.5 Å². The van der Waals surface area contributed by atoms with Crippen LogP contribution in [0.2, 0.25) is 0 Å². The highest BCUT2D eigenvalue weighted by Gasteiger charge is 2.29. The van der Waals surface area contributed by atoms with Gasteiger partial charge in [0.15, 0.2) is 11.5 Å². The fourth-order valence-corrected chi connectivity index (χ4v) is 2.67. The Kier molecular flexibility index (Phi) is 4.01. The maximum Gasteiger partial charge on any atom is 0.227 e. The second kappa shape index (κ2) is 6.47. The Morgan fingerprint density at radius 1 is 1.28 bits per heavy atom. The number of pyridine rings is 1. The minimum absolute atomic E-state index is 0.0662. The first-order valence-electron chi connectivity index (χ1n) is 8.27. The Morgan fingerprint density at radius 3 is 2.92 bits per heavy atom. The van der Waals surface area contributed by atoms with Gasteiger partial charge in [-0.3, -0.25) is 4.79 Å². The SMILES string of the molecule is COc1ccc(NC(=O)C2CC2)cc1OCc1cn2ccccc2n1. The lowest BCUT2D eigenvalue weighted by atomic mass is 10.2. The number of ether oxygens (including phenoxy) is 2. The number of fused-ring (bicyclic) bond motifs is 1. The van der Waals surface area contributed by atoms with E-state index in [2.05, 4.69) is 10.3 Å². The molecule has 0 atom stereocenters. The van der Waals surface area contributed by atoms with E-state index in [0.29, 0.717) is 23.8 Å². The third kappa shape index (κ3) is 3.42. The van der Waals surface area contributed by atoms with Crippen molar-refractivity contribution in [1.29, 1.82) is 0 Å². The highest BCUT2D eigenvalue weighted by atomic mass is 16.5. The first-order valence-corrected chi connectivity index (χ1v) is 8.27. The van der Waals surface area contributed by atoms with E-state index >= 15 is 0 Å². The van der Waals surface area contributed by atoms with Gasteiger partial charge in [0.05, 0.1) is 12.8 Å². The molecule has 2 heterocycles. The van der Waals surface area contributed by atoms with Crippen LogP contribution in [-0.4, -0.2) is 22.4 Å². The molecular formula is C19H19N3O3. The number of amides is 1. The monoisotopic (exact) mass is 337 g/mol. The Morgan fingerprint density at radius 2 is 2.16 bits per heavy atom. The summed E-state index contributed by atoms with van der Waals surface area (Å²) in [6.45, 7) is 0.318. The highest BCUT2D eigenvalue weighted by molar-refractivity contribution is 5.94. The zero-order valence-electron chi connectivity index (χ0n) is 13.9. The van der Waals surface area contributed by atoms with E-state index in [1.54, 1.807) is 19.2 Å². The maximum atomic E-state index is 11.9. The van der Waals surface area contributed by atoms with Gasteiger partial charge in [0.25, 0.3) is 0 Å². The third-order valence-corrected chi connectivity index (χ3v) is 4.17. The Hall–Kier alpha value is -3.02. The zero-order chi connectivity index (χ0) is 17.2. The molecule has 2 aromatic heterocycles. The normalized spacial score (nSPS) is 13.6. The quantitative estimate of drug-likeness (QED) is 0.750. The van der Waals surface area contributed by atoms with E-state index in [9.17, 15) is 4.79 Å². The summed E-state index contributed by atoms with van der Waals surface area (Å²) in [7, 11) is 1.59. The van der Waals surface area contributed by atoms with Crippen molar-refractivity contribution < 1.29 is 14.3 Å². The second-order valence-corrected chi connectivity index (χ2v) is 6.12. The van der Waals surface area contributed by atoms with Crippen molar-refractivity contribution in [2.24, 2.45) is 5.92 Å². The van der Waals surface area contributed by atoms with Crippen LogP contribution in [0.4, 0.5) is 5.69 Å². The summed E-state index contributed by atoms with van der Waals surface area (Å²) in [5.41, 5.74) is 2.40. The lowest BCUT2D eigenvalue weighted by Gasteiger charge is -2.12. The van der Waals surface area contributed by atoms with Crippen molar-refractivity contribution in [1.82, 2.24) is 9.38 Å². The average molecular weight is 337 g/mol. The molecule has 1 N–H and O–H groups in total. The lowest BCUT2D eigenvalue weighted by molar-refractivity contribution is -0.117. The van der Waals surface area contributed by atoms with Crippen LogP contribution in [0.5, 0.6) is 11.5 Å². The highest BCUT2D eigenvalue weighted by Crippen LogP contribution is 2.33. The number of carbonyl (C=O) groups is 1. The number of benzene rings is 1. The molecule has 1 aliphatic carbocycles. The third-order valence-electron chi connectivity index (χ3n) is 4.17. The molecule has 1 amide bonds. The summed E-state index contributed by atoms with van der Waals surface area (Å²) >= 11 is 0. The van der Waals surface area contributed by atoms with Crippen molar-refractivity contribution in [3.63, 3.8) is 0 Å². The molecule has 4 rings (SSSR count). The van der Waals surface area contributed by atoms with Crippen LogP contribution >= 0.6 is 0 Å². The number of aromatic nitrogens is 2. The van der Waals surface area contributed by atoms with Gasteiger partial charge < -0.3 is 19.2 Å². The fraction of sp³-hybridized carbons (Fsp3) is 0.263. The van der Waals surface area contributed by atoms with Crippen LogP contribution < -0.4 is 14.8 Å². The Labute approximate surface area is 145 Å². The Bertz CT molecular complexity index is 882. The molecule has 6 heteroatoms. The summed E-state index contributed by atoms with van der Waals surface area (Å²) < 4.78 is 13.2. The van der Waals surface area contributed by atoms with Gasteiger partial charge in [0.1, 0.15) is 12.3 Å². The summed E-state index contributed by atoms with van der Waals surface area (Å²) in [4.78, 5) is 16.4. The molecule has 0 saturated heterocycles. The number of carbonyl (C=O) groups excluding carboxylic acids is 1. The molecule has 1 aliphatic rings. The largest absolute Gasteiger partial charge is 0.493 e. The van der Waals surface area contributed by atoms with Gasteiger partial charge in [0.2, 0.25) is 5.91 Å². The number of methoxy groups -OCH3 is 1. The van der Waals surface area contributed by atoms with Gasteiger partial charge >= 0.3 is 0 Å². The number of nitrogens with zero attached hydrogens (tertiary/aromatic N) is 2. The summed E-state index contributed by atoms with van der Waals surface area (Å²) in [5, 5.41) is 2.92. The minimum atomic E-state index is 0.0662. The molecule has 0 unspecified atom stereocenters. The number of anilines is 1. The van der Waals surface area contributed by atoms with Crippen LogP contribution in [0.1, 0.15) is 18.5 Å². The standard InChI is InChI=1S/C19H19N3O3/c1-24-16-8-7-14(21-19(23)13-5-6-13)10-17(16)25-12-15-11-22-9-3-2-4-18(22)20-15/h2-4,7-11,13H,5-6,12H2,1H3,(H,21,23). The van der Waals surface area contributed by atoms with E-state index in [0.717, 1.165) is 24.2 Å². The van der Waals surface area contributed by atoms with Crippen LogP contribution in [0.15, 0.2) is 48.8 Å². The first-order chi connectivity index (χ1) is 12.2. The van der Waals surface area contributed by atoms with Gasteiger partial charge in [-0.05, 0) is 37.1 Å². The molecule has 1 saturated carbocycles.